The van der Waals surface area contributed by atoms with Crippen LogP contribution >= 0.6 is 15.9 Å². The van der Waals surface area contributed by atoms with Crippen LogP contribution in [0, 0.1) is 23.7 Å². The molecule has 31 heavy (non-hydrogen) atoms. The number of allylic oxidation sites excluding steroid dienone is 2. The summed E-state index contributed by atoms with van der Waals surface area (Å²) in [4.78, 5) is 40.6. The molecule has 0 spiro atoms. The monoisotopic (exact) mass is 479 g/mol. The van der Waals surface area contributed by atoms with Crippen molar-refractivity contribution in [3.63, 3.8) is 0 Å². The number of anilines is 1. The number of nitrogens with one attached hydrogen (secondary N) is 2. The second kappa shape index (κ2) is 7.96. The van der Waals surface area contributed by atoms with Crippen LogP contribution in [0.3, 0.4) is 0 Å². The van der Waals surface area contributed by atoms with Gasteiger partial charge in [0.15, 0.2) is 0 Å². The molecule has 5 unspecified atom stereocenters. The number of hydrogen-bond donors (Lipinski definition) is 2. The third kappa shape index (κ3) is 3.67. The number of halogens is 1. The quantitative estimate of drug-likeness (QED) is 0.503. The number of nitrogens with zero attached hydrogens (tertiary/aromatic N) is 1. The van der Waals surface area contributed by atoms with E-state index >= 15 is 0 Å². The van der Waals surface area contributed by atoms with Gasteiger partial charge in [0.2, 0.25) is 11.8 Å². The number of hydrogen-bond acceptors (Lipinski definition) is 3. The van der Waals surface area contributed by atoms with E-state index in [0.29, 0.717) is 12.1 Å². The zero-order valence-corrected chi connectivity index (χ0v) is 18.3. The number of likely N-dealkylation sites (tertiary alicyclic amines) is 1. The zero-order chi connectivity index (χ0) is 21.5. The van der Waals surface area contributed by atoms with Gasteiger partial charge in [-0.15, -0.1) is 0 Å². The summed E-state index contributed by atoms with van der Waals surface area (Å²) in [6.07, 6.45) is 4.62. The Balaban J connectivity index is 1.38. The maximum absolute atomic E-state index is 13.3. The Kier molecular flexibility index (Phi) is 5.14. The van der Waals surface area contributed by atoms with Crippen LogP contribution in [0.25, 0.3) is 0 Å². The van der Waals surface area contributed by atoms with Gasteiger partial charge in [-0.05, 0) is 48.1 Å². The van der Waals surface area contributed by atoms with Gasteiger partial charge in [-0.1, -0.05) is 58.4 Å². The highest BCUT2D eigenvalue weighted by molar-refractivity contribution is 9.10. The molecule has 2 N–H and O–H groups in total. The first kappa shape index (κ1) is 20.0. The van der Waals surface area contributed by atoms with Gasteiger partial charge in [-0.2, -0.15) is 0 Å². The third-order valence-electron chi connectivity index (χ3n) is 6.49. The first-order chi connectivity index (χ1) is 15.0. The predicted octanol–water partition coefficient (Wildman–Crippen LogP) is 3.95. The van der Waals surface area contributed by atoms with Crippen molar-refractivity contribution in [1.82, 2.24) is 10.2 Å². The molecule has 1 heterocycles. The fourth-order valence-corrected chi connectivity index (χ4v) is 5.39. The van der Waals surface area contributed by atoms with Crippen molar-refractivity contribution in [3.05, 3.63) is 76.8 Å². The van der Waals surface area contributed by atoms with Gasteiger partial charge in [-0.3, -0.25) is 14.5 Å². The van der Waals surface area contributed by atoms with Crippen molar-refractivity contribution in [1.29, 1.82) is 0 Å². The van der Waals surface area contributed by atoms with Crippen LogP contribution in [-0.4, -0.2) is 28.9 Å². The molecule has 2 fully saturated rings. The Labute approximate surface area is 188 Å². The van der Waals surface area contributed by atoms with E-state index < -0.39 is 12.2 Å². The number of amides is 4. The smallest absolute Gasteiger partial charge is 0.317 e. The summed E-state index contributed by atoms with van der Waals surface area (Å²) < 4.78 is 0.906. The lowest BCUT2D eigenvalue weighted by Crippen LogP contribution is -2.53. The molecular weight excluding hydrogens is 458 g/mol. The fourth-order valence-electron chi connectivity index (χ4n) is 5.13. The minimum absolute atomic E-state index is 0.130. The van der Waals surface area contributed by atoms with Crippen LogP contribution in [-0.2, 0) is 16.0 Å². The number of carbonyl (C=O) groups excluding carboxylic acids is 3. The standard InChI is InChI=1S/C24H22BrN3O3/c25-17-8-10-18(11-9-17)26-24(31)27-19(12-14-4-2-1-3-5-14)28-22(29)20-15-6-7-16(13-15)21(20)23(28)30/h1-11,15-16,19-21H,12-13H2,(H2,26,27,31). The van der Waals surface area contributed by atoms with Crippen molar-refractivity contribution in [3.8, 4) is 0 Å². The number of fused-ring (bicyclic) bond motifs is 5. The highest BCUT2D eigenvalue weighted by atomic mass is 79.9. The van der Waals surface area contributed by atoms with Crippen LogP contribution in [0.5, 0.6) is 0 Å². The number of carbonyl (C=O) groups is 3. The van der Waals surface area contributed by atoms with E-state index in [1.54, 1.807) is 12.1 Å². The summed E-state index contributed by atoms with van der Waals surface area (Å²) in [5, 5.41) is 5.66. The molecule has 2 aromatic rings. The van der Waals surface area contributed by atoms with Gasteiger partial charge >= 0.3 is 6.03 Å². The molecule has 3 aliphatic rings. The fraction of sp³-hybridized carbons (Fsp3) is 0.292. The first-order valence-corrected chi connectivity index (χ1v) is 11.2. The number of benzene rings is 2. The normalized spacial score (nSPS) is 26.8. The molecule has 5 atom stereocenters. The average molecular weight is 480 g/mol. The first-order valence-electron chi connectivity index (χ1n) is 10.4. The Morgan fingerprint density at radius 2 is 1.58 bits per heavy atom. The molecule has 2 bridgehead atoms. The molecule has 158 valence electrons. The summed E-state index contributed by atoms with van der Waals surface area (Å²) in [6, 6.07) is 16.3. The lowest BCUT2D eigenvalue weighted by molar-refractivity contribution is -0.143. The molecule has 0 aromatic heterocycles. The minimum Gasteiger partial charge on any atom is -0.317 e. The average Bonchev–Trinajstić information content (AvgIpc) is 3.44. The van der Waals surface area contributed by atoms with Gasteiger partial charge in [0.1, 0.15) is 6.17 Å². The van der Waals surface area contributed by atoms with Gasteiger partial charge in [0.05, 0.1) is 11.8 Å². The Morgan fingerprint density at radius 1 is 0.968 bits per heavy atom. The second-order valence-corrected chi connectivity index (χ2v) is 9.27. The van der Waals surface area contributed by atoms with Gasteiger partial charge in [-0.25, -0.2) is 4.79 Å². The molecule has 5 rings (SSSR count). The maximum Gasteiger partial charge on any atom is 0.320 e. The van der Waals surface area contributed by atoms with Crippen LogP contribution < -0.4 is 10.6 Å². The van der Waals surface area contributed by atoms with E-state index in [-0.39, 0.29) is 35.5 Å². The summed E-state index contributed by atoms with van der Waals surface area (Å²) in [7, 11) is 0. The van der Waals surface area contributed by atoms with Crippen LogP contribution in [0.4, 0.5) is 10.5 Å². The Bertz CT molecular complexity index is 1020. The lowest BCUT2D eigenvalue weighted by atomic mass is 9.85. The second-order valence-electron chi connectivity index (χ2n) is 8.36. The molecule has 6 nitrogen and oxygen atoms in total. The van der Waals surface area contributed by atoms with E-state index in [2.05, 4.69) is 38.7 Å². The number of urea groups is 1. The maximum atomic E-state index is 13.3. The van der Waals surface area contributed by atoms with Gasteiger partial charge < -0.3 is 10.6 Å². The summed E-state index contributed by atoms with van der Waals surface area (Å²) in [5.74, 6) is -0.668. The zero-order valence-electron chi connectivity index (χ0n) is 16.7. The summed E-state index contributed by atoms with van der Waals surface area (Å²) >= 11 is 3.37. The molecule has 2 aliphatic carbocycles. The van der Waals surface area contributed by atoms with Crippen molar-refractivity contribution in [2.24, 2.45) is 23.7 Å². The molecule has 2 aromatic carbocycles. The van der Waals surface area contributed by atoms with Gasteiger partial charge in [0.25, 0.3) is 0 Å². The molecule has 0 radical (unpaired) electrons. The highest BCUT2D eigenvalue weighted by Gasteiger charge is 2.60. The lowest BCUT2D eigenvalue weighted by Gasteiger charge is -2.29. The van der Waals surface area contributed by atoms with E-state index in [9.17, 15) is 14.4 Å². The van der Waals surface area contributed by atoms with Crippen LogP contribution in [0.2, 0.25) is 0 Å². The molecule has 1 aliphatic heterocycles. The van der Waals surface area contributed by atoms with E-state index in [1.165, 1.54) is 4.90 Å². The molecule has 1 saturated heterocycles. The van der Waals surface area contributed by atoms with Crippen molar-refractivity contribution < 1.29 is 14.4 Å². The van der Waals surface area contributed by atoms with E-state index in [4.69, 9.17) is 0 Å². The van der Waals surface area contributed by atoms with E-state index in [0.717, 1.165) is 16.5 Å². The third-order valence-corrected chi connectivity index (χ3v) is 7.02. The number of imide groups is 1. The van der Waals surface area contributed by atoms with Crippen molar-refractivity contribution >= 4 is 39.5 Å². The van der Waals surface area contributed by atoms with Crippen LogP contribution in [0.15, 0.2) is 71.2 Å². The molecule has 7 heteroatoms. The number of rotatable bonds is 5. The SMILES string of the molecule is O=C(Nc1ccc(Br)cc1)NC(Cc1ccccc1)N1C(=O)C2C3C=CC(C3)C2C1=O. The van der Waals surface area contributed by atoms with Gasteiger partial charge in [0, 0.05) is 16.6 Å². The Morgan fingerprint density at radius 3 is 2.19 bits per heavy atom. The minimum atomic E-state index is -0.747. The van der Waals surface area contributed by atoms with Crippen molar-refractivity contribution in [2.45, 2.75) is 19.0 Å². The molecule has 1 saturated carbocycles. The predicted molar refractivity (Wildman–Crippen MR) is 120 cm³/mol. The summed E-state index contributed by atoms with van der Waals surface area (Å²) in [5.41, 5.74) is 1.56. The molecular formula is C24H22BrN3O3. The van der Waals surface area contributed by atoms with E-state index in [1.807, 2.05) is 42.5 Å². The van der Waals surface area contributed by atoms with Crippen LogP contribution in [0.1, 0.15) is 12.0 Å². The molecule has 4 amide bonds. The van der Waals surface area contributed by atoms with Crippen molar-refractivity contribution in [2.75, 3.05) is 5.32 Å². The summed E-state index contributed by atoms with van der Waals surface area (Å²) in [6.45, 7) is 0. The Hall–Kier alpha value is -2.93. The largest absolute Gasteiger partial charge is 0.320 e. The highest BCUT2D eigenvalue weighted by Crippen LogP contribution is 2.52. The topological polar surface area (TPSA) is 78.5 Å².